The highest BCUT2D eigenvalue weighted by Gasteiger charge is 2.31. The summed E-state index contributed by atoms with van der Waals surface area (Å²) >= 11 is 0. The van der Waals surface area contributed by atoms with Gasteiger partial charge in [0.1, 0.15) is 0 Å². The van der Waals surface area contributed by atoms with Crippen molar-refractivity contribution in [2.75, 3.05) is 0 Å². The molecule has 9 heavy (non-hydrogen) atoms. The lowest BCUT2D eigenvalue weighted by molar-refractivity contribution is 0.422. The van der Waals surface area contributed by atoms with Crippen LogP contribution >= 0.6 is 0 Å². The van der Waals surface area contributed by atoms with Crippen LogP contribution in [0.4, 0.5) is 0 Å². The van der Waals surface area contributed by atoms with Gasteiger partial charge in [0.2, 0.25) is 0 Å². The third-order valence-corrected chi connectivity index (χ3v) is 2.28. The molecule has 0 aliphatic rings. The zero-order chi connectivity index (χ0) is 7.71. The average molecular weight is 154 g/mol. The Morgan fingerprint density at radius 2 is 1.89 bits per heavy atom. The van der Waals surface area contributed by atoms with Gasteiger partial charge in [-0.1, -0.05) is 6.92 Å². The molecule has 5 N–H and O–H groups in total. The highest BCUT2D eigenvalue weighted by atomic mass is 32.2. The first-order valence-electron chi connectivity index (χ1n) is 2.36. The molecule has 0 saturated heterocycles. The molecule has 0 heterocycles. The molecule has 5 nitrogen and oxygen atoms in total. The summed E-state index contributed by atoms with van der Waals surface area (Å²) in [7, 11) is -4.30. The molecule has 0 aliphatic carbocycles. The predicted octanol–water partition coefficient (Wildman–Crippen LogP) is -1.14. The Balaban J connectivity index is 4.56. The average Bonchev–Trinajstić information content (AvgIpc) is 1.64. The van der Waals surface area contributed by atoms with Crippen LogP contribution in [0.3, 0.4) is 0 Å². The van der Waals surface area contributed by atoms with E-state index in [1.807, 2.05) is 0 Å². The third-order valence-electron chi connectivity index (χ3n) is 1.03. The largest absolute Gasteiger partial charge is 0.299 e. The van der Waals surface area contributed by atoms with E-state index in [-0.39, 0.29) is 6.42 Å². The summed E-state index contributed by atoms with van der Waals surface area (Å²) < 4.78 is 28.6. The maximum atomic E-state index is 10.2. The monoisotopic (exact) mass is 154 g/mol. The maximum absolute atomic E-state index is 10.2. The first-order chi connectivity index (χ1) is 3.81. The van der Waals surface area contributed by atoms with Crippen LogP contribution in [0.5, 0.6) is 0 Å². The van der Waals surface area contributed by atoms with Gasteiger partial charge in [0.25, 0.3) is 10.1 Å². The Hall–Kier alpha value is -0.170. The smallest absolute Gasteiger partial charge is 0.297 e. The molecule has 0 aliphatic heterocycles. The Kier molecular flexibility index (Phi) is 2.18. The van der Waals surface area contributed by atoms with Gasteiger partial charge in [0.05, 0.1) is 0 Å². The molecule has 0 unspecified atom stereocenters. The van der Waals surface area contributed by atoms with Gasteiger partial charge < -0.3 is 0 Å². The lowest BCUT2D eigenvalue weighted by Gasteiger charge is -2.17. The molecule has 0 spiro atoms. The van der Waals surface area contributed by atoms with Crippen LogP contribution in [0.2, 0.25) is 0 Å². The van der Waals surface area contributed by atoms with Crippen LogP contribution in [-0.2, 0) is 10.1 Å². The second-order valence-corrected chi connectivity index (χ2v) is 3.49. The molecule has 0 saturated carbocycles. The Bertz CT molecular complexity index is 183. The summed E-state index contributed by atoms with van der Waals surface area (Å²) in [5.41, 5.74) is 9.87. The molecule has 0 aromatic heterocycles. The van der Waals surface area contributed by atoms with Gasteiger partial charge in [-0.2, -0.15) is 8.42 Å². The Labute approximate surface area is 53.8 Å². The van der Waals surface area contributed by atoms with Crippen molar-refractivity contribution < 1.29 is 13.0 Å². The van der Waals surface area contributed by atoms with Crippen molar-refractivity contribution in [2.24, 2.45) is 11.5 Å². The summed E-state index contributed by atoms with van der Waals surface area (Å²) in [4.78, 5) is -1.99. The van der Waals surface area contributed by atoms with E-state index >= 15 is 0 Å². The van der Waals surface area contributed by atoms with E-state index in [0.29, 0.717) is 0 Å². The fraction of sp³-hybridized carbons (Fsp3) is 1.00. The molecule has 0 aromatic carbocycles. The molecule has 0 bridgehead atoms. The van der Waals surface area contributed by atoms with Crippen molar-refractivity contribution >= 4 is 10.1 Å². The molecule has 0 fully saturated rings. The molecule has 6 heteroatoms. The van der Waals surface area contributed by atoms with Crippen molar-refractivity contribution in [2.45, 2.75) is 18.3 Å². The zero-order valence-electron chi connectivity index (χ0n) is 5.03. The lowest BCUT2D eigenvalue weighted by atomic mass is 10.4. The minimum Gasteiger partial charge on any atom is -0.299 e. The van der Waals surface area contributed by atoms with Crippen molar-refractivity contribution in [3.63, 3.8) is 0 Å². The Morgan fingerprint density at radius 3 is 1.89 bits per heavy atom. The highest BCUT2D eigenvalue weighted by molar-refractivity contribution is 7.87. The van der Waals surface area contributed by atoms with Crippen LogP contribution < -0.4 is 11.5 Å². The molecule has 0 rings (SSSR count). The first kappa shape index (κ1) is 8.83. The van der Waals surface area contributed by atoms with Crippen LogP contribution in [0.25, 0.3) is 0 Å². The maximum Gasteiger partial charge on any atom is 0.297 e. The van der Waals surface area contributed by atoms with E-state index in [4.69, 9.17) is 16.0 Å². The number of hydrogen-bond acceptors (Lipinski definition) is 4. The molecular formula is C3H10N2O3S. The SMILES string of the molecule is CCC(N)(N)S(=O)(=O)O. The van der Waals surface area contributed by atoms with Gasteiger partial charge in [-0.15, -0.1) is 0 Å². The van der Waals surface area contributed by atoms with E-state index in [9.17, 15) is 8.42 Å². The van der Waals surface area contributed by atoms with Gasteiger partial charge >= 0.3 is 0 Å². The van der Waals surface area contributed by atoms with Crippen molar-refractivity contribution in [3.8, 4) is 0 Å². The summed E-state index contributed by atoms with van der Waals surface area (Å²) in [6, 6.07) is 0. The van der Waals surface area contributed by atoms with Gasteiger partial charge in [0, 0.05) is 0 Å². The highest BCUT2D eigenvalue weighted by Crippen LogP contribution is 2.04. The van der Waals surface area contributed by atoms with Gasteiger partial charge in [-0.25, -0.2) is 0 Å². The molecule has 0 atom stereocenters. The lowest BCUT2D eigenvalue weighted by Crippen LogP contribution is -2.55. The molecule has 0 amide bonds. The predicted molar refractivity (Wildman–Crippen MR) is 32.9 cm³/mol. The van der Waals surface area contributed by atoms with Crippen LogP contribution in [0, 0.1) is 0 Å². The number of rotatable bonds is 2. The Morgan fingerprint density at radius 1 is 1.56 bits per heavy atom. The van der Waals surface area contributed by atoms with E-state index in [0.717, 1.165) is 0 Å². The number of nitrogens with two attached hydrogens (primary N) is 2. The first-order valence-corrected chi connectivity index (χ1v) is 3.80. The fourth-order valence-corrected chi connectivity index (χ4v) is 0.547. The third kappa shape index (κ3) is 1.90. The minimum absolute atomic E-state index is 0.0220. The standard InChI is InChI=1S/C3H10N2O3S/c1-2-3(4,5)9(6,7)8/h2,4-5H2,1H3,(H,6,7,8). The van der Waals surface area contributed by atoms with E-state index in [1.165, 1.54) is 6.92 Å². The van der Waals surface area contributed by atoms with Gasteiger partial charge in [-0.3, -0.25) is 16.0 Å². The summed E-state index contributed by atoms with van der Waals surface area (Å²) in [6.45, 7) is 1.47. The van der Waals surface area contributed by atoms with Gasteiger partial charge in [-0.05, 0) is 6.42 Å². The fourth-order valence-electron chi connectivity index (χ4n) is 0.182. The normalized spacial score (nSPS) is 13.8. The molecular weight excluding hydrogens is 144 g/mol. The quantitative estimate of drug-likeness (QED) is 0.344. The van der Waals surface area contributed by atoms with Gasteiger partial charge in [0.15, 0.2) is 4.99 Å². The van der Waals surface area contributed by atoms with Crippen molar-refractivity contribution in [3.05, 3.63) is 0 Å². The molecule has 0 aromatic rings. The van der Waals surface area contributed by atoms with Crippen LogP contribution in [-0.4, -0.2) is 18.0 Å². The van der Waals surface area contributed by atoms with E-state index in [2.05, 4.69) is 0 Å². The zero-order valence-corrected chi connectivity index (χ0v) is 5.85. The van der Waals surface area contributed by atoms with E-state index in [1.54, 1.807) is 0 Å². The van der Waals surface area contributed by atoms with Crippen LogP contribution in [0.15, 0.2) is 0 Å². The summed E-state index contributed by atoms with van der Waals surface area (Å²) in [5.74, 6) is 0. The van der Waals surface area contributed by atoms with E-state index < -0.39 is 15.1 Å². The topological polar surface area (TPSA) is 106 Å². The minimum atomic E-state index is -4.30. The number of hydrogen-bond donors (Lipinski definition) is 3. The van der Waals surface area contributed by atoms with Crippen LogP contribution in [0.1, 0.15) is 13.3 Å². The van der Waals surface area contributed by atoms with Crippen molar-refractivity contribution in [1.82, 2.24) is 0 Å². The second-order valence-electron chi connectivity index (χ2n) is 1.78. The molecule has 0 radical (unpaired) electrons. The molecule has 56 valence electrons. The second kappa shape index (κ2) is 2.22. The summed E-state index contributed by atoms with van der Waals surface area (Å²) in [6.07, 6.45) is -0.0220. The summed E-state index contributed by atoms with van der Waals surface area (Å²) in [5, 5.41) is 0. The van der Waals surface area contributed by atoms with Crippen molar-refractivity contribution in [1.29, 1.82) is 0 Å².